The van der Waals surface area contributed by atoms with Gasteiger partial charge in [-0.25, -0.2) is 14.4 Å². The van der Waals surface area contributed by atoms with E-state index in [-0.39, 0.29) is 29.1 Å². The van der Waals surface area contributed by atoms with Gasteiger partial charge < -0.3 is 10.2 Å². The van der Waals surface area contributed by atoms with Crippen LogP contribution in [-0.4, -0.2) is 46.1 Å². The second-order valence-corrected chi connectivity index (χ2v) is 8.08. The van der Waals surface area contributed by atoms with Crippen LogP contribution in [0, 0.1) is 17.3 Å². The molecular formula is C18H26F2N4O. The Labute approximate surface area is 147 Å². The first kappa shape index (κ1) is 18.0. The molecule has 0 radical (unpaired) electrons. The summed E-state index contributed by atoms with van der Waals surface area (Å²) >= 11 is 0. The van der Waals surface area contributed by atoms with Crippen molar-refractivity contribution in [3.8, 4) is 0 Å². The molecule has 3 atom stereocenters. The maximum Gasteiger partial charge on any atom is 0.255 e. The lowest BCUT2D eigenvalue weighted by molar-refractivity contribution is -0.140. The Balaban J connectivity index is 1.70. The highest BCUT2D eigenvalue weighted by atomic mass is 19.1. The highest BCUT2D eigenvalue weighted by Gasteiger charge is 2.38. The van der Waals surface area contributed by atoms with Gasteiger partial charge in [-0.05, 0) is 37.5 Å². The normalized spacial score (nSPS) is 29.3. The zero-order valence-electron chi connectivity index (χ0n) is 14.8. The molecule has 1 N–H and O–H groups in total. The van der Waals surface area contributed by atoms with Crippen molar-refractivity contribution >= 4 is 11.7 Å². The van der Waals surface area contributed by atoms with Crippen LogP contribution in [0.5, 0.6) is 0 Å². The fourth-order valence-corrected chi connectivity index (χ4v) is 4.13. The average molecular weight is 352 g/mol. The van der Waals surface area contributed by atoms with Crippen LogP contribution in [0.4, 0.5) is 14.6 Å². The fraction of sp³-hybridized carbons (Fsp3) is 0.722. The third-order valence-electron chi connectivity index (χ3n) is 5.12. The average Bonchev–Trinajstić information content (AvgIpc) is 2.55. The summed E-state index contributed by atoms with van der Waals surface area (Å²) in [5.41, 5.74) is -0.103. The molecule has 1 aromatic heterocycles. The van der Waals surface area contributed by atoms with E-state index < -0.39 is 12.1 Å². The number of hydrogen-bond donors (Lipinski definition) is 1. The molecule has 1 aliphatic carbocycles. The summed E-state index contributed by atoms with van der Waals surface area (Å²) in [6.45, 7) is 5.30. The van der Waals surface area contributed by atoms with Gasteiger partial charge in [-0.3, -0.25) is 4.79 Å². The molecule has 138 valence electrons. The minimum Gasteiger partial charge on any atom is -0.362 e. The van der Waals surface area contributed by atoms with Gasteiger partial charge in [0.2, 0.25) is 5.91 Å². The smallest absolute Gasteiger partial charge is 0.255 e. The predicted octanol–water partition coefficient (Wildman–Crippen LogP) is 3.18. The molecule has 0 aromatic carbocycles. The third kappa shape index (κ3) is 4.44. The first-order valence-corrected chi connectivity index (χ1v) is 9.00. The van der Waals surface area contributed by atoms with Crippen LogP contribution >= 0.6 is 0 Å². The molecule has 2 aliphatic rings. The number of nitrogens with one attached hydrogen (secondary N) is 1. The molecule has 2 heterocycles. The molecule has 1 aromatic rings. The highest BCUT2D eigenvalue weighted by molar-refractivity contribution is 5.79. The van der Waals surface area contributed by atoms with E-state index in [0.717, 1.165) is 19.3 Å². The van der Waals surface area contributed by atoms with Gasteiger partial charge in [0.05, 0.1) is 0 Å². The van der Waals surface area contributed by atoms with E-state index in [1.54, 1.807) is 0 Å². The van der Waals surface area contributed by atoms with E-state index in [9.17, 15) is 13.6 Å². The van der Waals surface area contributed by atoms with Crippen molar-refractivity contribution in [2.45, 2.75) is 58.2 Å². The second-order valence-electron chi connectivity index (χ2n) is 8.08. The third-order valence-corrected chi connectivity index (χ3v) is 5.12. The number of likely N-dealkylation sites (tertiary alicyclic amines) is 1. The van der Waals surface area contributed by atoms with Crippen LogP contribution in [0.3, 0.4) is 0 Å². The summed E-state index contributed by atoms with van der Waals surface area (Å²) in [5.74, 6) is -0.733. The lowest BCUT2D eigenvalue weighted by atomic mass is 9.80. The number of carbonyl (C=O) groups excluding carboxylic acids is 1. The molecule has 1 saturated carbocycles. The standard InChI is InChI=1S/C18H26F2N4O/c1-18(2)9-14(23-16-15(20)21-6-7-22-16)10-24(11-18)17(25)12-4-3-5-13(19)8-12/h6-7,12-14H,3-5,8-11H2,1-2H3,(H,22,23). The molecule has 2 fully saturated rings. The van der Waals surface area contributed by atoms with Crippen LogP contribution in [0.15, 0.2) is 12.4 Å². The Morgan fingerprint density at radius 3 is 2.80 bits per heavy atom. The van der Waals surface area contributed by atoms with E-state index in [4.69, 9.17) is 0 Å². The first-order valence-electron chi connectivity index (χ1n) is 9.00. The SMILES string of the molecule is CC1(C)CC(Nc2nccnc2F)CN(C(=O)C2CCCC(F)C2)C1. The number of piperidine rings is 1. The van der Waals surface area contributed by atoms with Gasteiger partial charge in [0.25, 0.3) is 5.95 Å². The summed E-state index contributed by atoms with van der Waals surface area (Å²) in [4.78, 5) is 22.3. The van der Waals surface area contributed by atoms with Gasteiger partial charge >= 0.3 is 0 Å². The van der Waals surface area contributed by atoms with Crippen molar-refractivity contribution in [3.05, 3.63) is 18.3 Å². The van der Waals surface area contributed by atoms with Gasteiger partial charge in [-0.15, -0.1) is 0 Å². The van der Waals surface area contributed by atoms with Crippen LogP contribution in [-0.2, 0) is 4.79 Å². The Hall–Kier alpha value is -1.79. The number of aromatic nitrogens is 2. The largest absolute Gasteiger partial charge is 0.362 e. The van der Waals surface area contributed by atoms with E-state index >= 15 is 0 Å². The highest BCUT2D eigenvalue weighted by Crippen LogP contribution is 2.34. The van der Waals surface area contributed by atoms with Crippen LogP contribution in [0.25, 0.3) is 0 Å². The summed E-state index contributed by atoms with van der Waals surface area (Å²) in [7, 11) is 0. The van der Waals surface area contributed by atoms with Gasteiger partial charge in [0, 0.05) is 37.4 Å². The Bertz CT molecular complexity index is 625. The van der Waals surface area contributed by atoms with E-state index in [1.807, 2.05) is 4.90 Å². The van der Waals surface area contributed by atoms with Gasteiger partial charge in [0.1, 0.15) is 6.17 Å². The van der Waals surface area contributed by atoms with Crippen LogP contribution < -0.4 is 5.32 Å². The Morgan fingerprint density at radius 1 is 1.32 bits per heavy atom. The number of carbonyl (C=O) groups is 1. The number of anilines is 1. The maximum atomic E-state index is 13.8. The van der Waals surface area contributed by atoms with E-state index in [1.165, 1.54) is 12.4 Å². The molecule has 3 rings (SSSR count). The molecule has 1 amide bonds. The predicted molar refractivity (Wildman–Crippen MR) is 91.2 cm³/mol. The molecule has 7 heteroatoms. The van der Waals surface area contributed by atoms with E-state index in [0.29, 0.717) is 25.9 Å². The van der Waals surface area contributed by atoms with Crippen molar-refractivity contribution < 1.29 is 13.6 Å². The number of hydrogen-bond acceptors (Lipinski definition) is 4. The second kappa shape index (κ2) is 7.22. The topological polar surface area (TPSA) is 58.1 Å². The Morgan fingerprint density at radius 2 is 2.08 bits per heavy atom. The summed E-state index contributed by atoms with van der Waals surface area (Å²) in [5, 5.41) is 3.08. The maximum absolute atomic E-state index is 13.8. The summed E-state index contributed by atoms with van der Waals surface area (Å²) in [6, 6.07) is -0.108. The van der Waals surface area contributed by atoms with Crippen molar-refractivity contribution in [2.24, 2.45) is 11.3 Å². The van der Waals surface area contributed by atoms with Gasteiger partial charge in [0.15, 0.2) is 5.82 Å². The molecule has 25 heavy (non-hydrogen) atoms. The summed E-state index contributed by atoms with van der Waals surface area (Å²) in [6.07, 6.45) is 5.07. The van der Waals surface area contributed by atoms with Gasteiger partial charge in [-0.1, -0.05) is 13.8 Å². The minimum atomic E-state index is -0.872. The molecular weight excluding hydrogens is 326 g/mol. The number of amides is 1. The molecule has 5 nitrogen and oxygen atoms in total. The van der Waals surface area contributed by atoms with Crippen molar-refractivity contribution in [1.82, 2.24) is 14.9 Å². The van der Waals surface area contributed by atoms with Crippen LogP contribution in [0.2, 0.25) is 0 Å². The van der Waals surface area contributed by atoms with Crippen molar-refractivity contribution in [2.75, 3.05) is 18.4 Å². The summed E-state index contributed by atoms with van der Waals surface area (Å²) < 4.78 is 27.5. The molecule has 0 spiro atoms. The molecule has 3 unspecified atom stereocenters. The monoisotopic (exact) mass is 352 g/mol. The van der Waals surface area contributed by atoms with Crippen LogP contribution in [0.1, 0.15) is 46.0 Å². The number of alkyl halides is 1. The molecule has 1 aliphatic heterocycles. The zero-order valence-corrected chi connectivity index (χ0v) is 14.8. The van der Waals surface area contributed by atoms with Gasteiger partial charge in [-0.2, -0.15) is 4.39 Å². The molecule has 0 bridgehead atoms. The number of halogens is 2. The Kier molecular flexibility index (Phi) is 5.20. The van der Waals surface area contributed by atoms with Crippen molar-refractivity contribution in [3.63, 3.8) is 0 Å². The fourth-order valence-electron chi connectivity index (χ4n) is 4.13. The lowest BCUT2D eigenvalue weighted by Gasteiger charge is -2.44. The minimum absolute atomic E-state index is 0.0292. The van der Waals surface area contributed by atoms with Crippen molar-refractivity contribution in [1.29, 1.82) is 0 Å². The first-order chi connectivity index (χ1) is 11.8. The number of nitrogens with zero attached hydrogens (tertiary/aromatic N) is 3. The zero-order chi connectivity index (χ0) is 18.0. The lowest BCUT2D eigenvalue weighted by Crippen LogP contribution is -2.53. The molecule has 1 saturated heterocycles. The number of rotatable bonds is 3. The van der Waals surface area contributed by atoms with E-state index in [2.05, 4.69) is 29.1 Å². The quantitative estimate of drug-likeness (QED) is 0.908.